The molecule has 0 radical (unpaired) electrons. The van der Waals surface area contributed by atoms with Crippen molar-refractivity contribution in [1.82, 2.24) is 10.3 Å². The second kappa shape index (κ2) is 5.97. The van der Waals surface area contributed by atoms with Gasteiger partial charge in [-0.1, -0.05) is 42.1 Å². The predicted molar refractivity (Wildman–Crippen MR) is 83.1 cm³/mol. The summed E-state index contributed by atoms with van der Waals surface area (Å²) in [6, 6.07) is 10.3. The SMILES string of the molecule is Cc1csc(SC(C(=O)NC2CC2)c2ccccc2)n1. The third-order valence-corrected chi connectivity index (χ3v) is 5.42. The highest BCUT2D eigenvalue weighted by Gasteiger charge is 2.29. The van der Waals surface area contributed by atoms with E-state index >= 15 is 0 Å². The van der Waals surface area contributed by atoms with Gasteiger partial charge in [0.2, 0.25) is 5.91 Å². The largest absolute Gasteiger partial charge is 0.352 e. The number of thiazole rings is 1. The van der Waals surface area contributed by atoms with Gasteiger partial charge in [-0.3, -0.25) is 4.79 Å². The third-order valence-electron chi connectivity index (χ3n) is 3.08. The molecular weight excluding hydrogens is 288 g/mol. The Kier molecular flexibility index (Phi) is 4.08. The summed E-state index contributed by atoms with van der Waals surface area (Å²) in [5.41, 5.74) is 2.04. The maximum Gasteiger partial charge on any atom is 0.238 e. The summed E-state index contributed by atoms with van der Waals surface area (Å²) in [6.45, 7) is 1.97. The van der Waals surface area contributed by atoms with Gasteiger partial charge in [0.1, 0.15) is 5.25 Å². The summed E-state index contributed by atoms with van der Waals surface area (Å²) in [5, 5.41) is 4.89. The van der Waals surface area contributed by atoms with Crippen LogP contribution in [-0.4, -0.2) is 16.9 Å². The van der Waals surface area contributed by atoms with Gasteiger partial charge in [-0.25, -0.2) is 4.98 Å². The Morgan fingerprint density at radius 2 is 2.15 bits per heavy atom. The van der Waals surface area contributed by atoms with Crippen LogP contribution in [0, 0.1) is 6.92 Å². The van der Waals surface area contributed by atoms with Crippen molar-refractivity contribution in [1.29, 1.82) is 0 Å². The molecular formula is C15H16N2OS2. The van der Waals surface area contributed by atoms with E-state index in [1.807, 2.05) is 42.6 Å². The van der Waals surface area contributed by atoms with Crippen LogP contribution in [0.4, 0.5) is 0 Å². The zero-order valence-electron chi connectivity index (χ0n) is 11.2. The number of nitrogens with one attached hydrogen (secondary N) is 1. The molecule has 0 aliphatic heterocycles. The number of hydrogen-bond acceptors (Lipinski definition) is 4. The third kappa shape index (κ3) is 3.41. The number of aromatic nitrogens is 1. The van der Waals surface area contributed by atoms with E-state index in [0.29, 0.717) is 6.04 Å². The van der Waals surface area contributed by atoms with E-state index in [2.05, 4.69) is 10.3 Å². The topological polar surface area (TPSA) is 42.0 Å². The summed E-state index contributed by atoms with van der Waals surface area (Å²) >= 11 is 3.13. The van der Waals surface area contributed by atoms with Gasteiger partial charge in [0, 0.05) is 17.1 Å². The van der Waals surface area contributed by atoms with Gasteiger partial charge in [0.25, 0.3) is 0 Å². The molecule has 2 aromatic rings. The first-order valence-electron chi connectivity index (χ1n) is 6.66. The molecule has 1 heterocycles. The minimum atomic E-state index is -0.220. The fraction of sp³-hybridized carbons (Fsp3) is 0.333. The Bertz CT molecular complexity index is 593. The molecule has 20 heavy (non-hydrogen) atoms. The lowest BCUT2D eigenvalue weighted by Gasteiger charge is -2.15. The van der Waals surface area contributed by atoms with Crippen molar-refractivity contribution in [3.8, 4) is 0 Å². The molecule has 0 spiro atoms. The van der Waals surface area contributed by atoms with Crippen molar-refractivity contribution in [2.24, 2.45) is 0 Å². The second-order valence-corrected chi connectivity index (χ2v) is 7.16. The van der Waals surface area contributed by atoms with Crippen LogP contribution in [0.25, 0.3) is 0 Å². The highest BCUT2D eigenvalue weighted by atomic mass is 32.2. The lowest BCUT2D eigenvalue weighted by Crippen LogP contribution is -2.29. The van der Waals surface area contributed by atoms with Crippen molar-refractivity contribution in [2.45, 2.75) is 35.4 Å². The monoisotopic (exact) mass is 304 g/mol. The van der Waals surface area contributed by atoms with Crippen LogP contribution in [0.2, 0.25) is 0 Å². The van der Waals surface area contributed by atoms with Crippen LogP contribution in [-0.2, 0) is 4.79 Å². The van der Waals surface area contributed by atoms with Gasteiger partial charge >= 0.3 is 0 Å². The number of carbonyl (C=O) groups excluding carboxylic acids is 1. The van der Waals surface area contributed by atoms with E-state index in [0.717, 1.165) is 28.4 Å². The van der Waals surface area contributed by atoms with Gasteiger partial charge in [-0.15, -0.1) is 11.3 Å². The van der Waals surface area contributed by atoms with E-state index < -0.39 is 0 Å². The van der Waals surface area contributed by atoms with Crippen molar-refractivity contribution in [3.63, 3.8) is 0 Å². The van der Waals surface area contributed by atoms with Gasteiger partial charge < -0.3 is 5.32 Å². The number of amides is 1. The number of carbonyl (C=O) groups is 1. The van der Waals surface area contributed by atoms with Crippen LogP contribution in [0.1, 0.15) is 29.3 Å². The Labute approximate surface area is 126 Å². The molecule has 1 aromatic carbocycles. The van der Waals surface area contributed by atoms with Crippen LogP contribution in [0.3, 0.4) is 0 Å². The van der Waals surface area contributed by atoms with Gasteiger partial charge in [-0.2, -0.15) is 0 Å². The molecule has 0 bridgehead atoms. The van der Waals surface area contributed by atoms with Gasteiger partial charge in [-0.05, 0) is 25.3 Å². The fourth-order valence-corrected chi connectivity index (χ4v) is 3.94. The quantitative estimate of drug-likeness (QED) is 0.859. The summed E-state index contributed by atoms with van der Waals surface area (Å²) in [7, 11) is 0. The molecule has 1 atom stereocenters. The minimum absolute atomic E-state index is 0.0940. The highest BCUT2D eigenvalue weighted by Crippen LogP contribution is 2.37. The average molecular weight is 304 g/mol. The first-order valence-corrected chi connectivity index (χ1v) is 8.42. The molecule has 0 saturated heterocycles. The maximum absolute atomic E-state index is 12.5. The fourth-order valence-electron chi connectivity index (χ4n) is 1.89. The number of benzene rings is 1. The smallest absolute Gasteiger partial charge is 0.238 e. The second-order valence-electron chi connectivity index (χ2n) is 4.95. The van der Waals surface area contributed by atoms with Gasteiger partial charge in [0.15, 0.2) is 4.34 Å². The molecule has 1 fully saturated rings. The van der Waals surface area contributed by atoms with Crippen LogP contribution in [0.15, 0.2) is 40.1 Å². The number of hydrogen-bond donors (Lipinski definition) is 1. The maximum atomic E-state index is 12.5. The van der Waals surface area contributed by atoms with E-state index in [-0.39, 0.29) is 11.2 Å². The van der Waals surface area contributed by atoms with E-state index in [1.54, 1.807) is 11.3 Å². The van der Waals surface area contributed by atoms with Gasteiger partial charge in [0.05, 0.1) is 0 Å². The number of thioether (sulfide) groups is 1. The highest BCUT2D eigenvalue weighted by molar-refractivity contribution is 8.01. The van der Waals surface area contributed by atoms with Crippen molar-refractivity contribution < 1.29 is 4.79 Å². The molecule has 1 aromatic heterocycles. The first kappa shape index (κ1) is 13.6. The van der Waals surface area contributed by atoms with Crippen LogP contribution < -0.4 is 5.32 Å². The Morgan fingerprint density at radius 1 is 1.40 bits per heavy atom. The van der Waals surface area contributed by atoms with Crippen molar-refractivity contribution >= 4 is 29.0 Å². The molecule has 1 aliphatic carbocycles. The average Bonchev–Trinajstić information content (AvgIpc) is 3.17. The zero-order valence-corrected chi connectivity index (χ0v) is 12.8. The van der Waals surface area contributed by atoms with E-state index in [9.17, 15) is 4.79 Å². The lowest BCUT2D eigenvalue weighted by atomic mass is 10.1. The molecule has 1 saturated carbocycles. The zero-order chi connectivity index (χ0) is 13.9. The van der Waals surface area contributed by atoms with Crippen molar-refractivity contribution in [3.05, 3.63) is 47.0 Å². The summed E-state index contributed by atoms with van der Waals surface area (Å²) in [4.78, 5) is 16.9. The van der Waals surface area contributed by atoms with Crippen LogP contribution in [0.5, 0.6) is 0 Å². The van der Waals surface area contributed by atoms with Crippen molar-refractivity contribution in [2.75, 3.05) is 0 Å². The lowest BCUT2D eigenvalue weighted by molar-refractivity contribution is -0.120. The molecule has 1 N–H and O–H groups in total. The minimum Gasteiger partial charge on any atom is -0.352 e. The molecule has 3 rings (SSSR count). The number of rotatable bonds is 5. The standard InChI is InChI=1S/C15H16N2OS2/c1-10-9-19-15(16-10)20-13(11-5-3-2-4-6-11)14(18)17-12-7-8-12/h2-6,9,12-13H,7-8H2,1H3,(H,17,18). The number of aryl methyl sites for hydroxylation is 1. The van der Waals surface area contributed by atoms with E-state index in [1.165, 1.54) is 11.8 Å². The summed E-state index contributed by atoms with van der Waals surface area (Å²) in [5.74, 6) is 0.0940. The summed E-state index contributed by atoms with van der Waals surface area (Å²) < 4.78 is 0.947. The molecule has 104 valence electrons. The molecule has 1 unspecified atom stereocenters. The molecule has 1 amide bonds. The normalized spacial score (nSPS) is 15.8. The Morgan fingerprint density at radius 3 is 2.75 bits per heavy atom. The Hall–Kier alpha value is -1.33. The molecule has 3 nitrogen and oxygen atoms in total. The predicted octanol–water partition coefficient (Wildman–Crippen LogP) is 3.56. The Balaban J connectivity index is 1.80. The first-order chi connectivity index (χ1) is 9.72. The number of nitrogens with zero attached hydrogens (tertiary/aromatic N) is 1. The summed E-state index contributed by atoms with van der Waals surface area (Å²) in [6.07, 6.45) is 2.21. The molecule has 1 aliphatic rings. The molecule has 5 heteroatoms. The van der Waals surface area contributed by atoms with E-state index in [4.69, 9.17) is 0 Å². The van der Waals surface area contributed by atoms with Crippen LogP contribution >= 0.6 is 23.1 Å².